The number of pyridine rings is 1. The number of hydrogen-bond acceptors (Lipinski definition) is 3. The van der Waals surface area contributed by atoms with Crippen LogP contribution < -0.4 is 10.2 Å². The van der Waals surface area contributed by atoms with E-state index in [4.69, 9.17) is 0 Å². The number of nitrogens with zero attached hydrogens (tertiary/aromatic N) is 2. The maximum Gasteiger partial charge on any atom is 0.0445 e. The molecule has 2 heterocycles. The molecular formula is C15H25N3. The van der Waals surface area contributed by atoms with Gasteiger partial charge in [0.15, 0.2) is 0 Å². The minimum Gasteiger partial charge on any atom is -0.371 e. The van der Waals surface area contributed by atoms with Crippen LogP contribution in [0.25, 0.3) is 0 Å². The van der Waals surface area contributed by atoms with Gasteiger partial charge in [0.05, 0.1) is 0 Å². The molecule has 1 aliphatic rings. The number of aromatic nitrogens is 1. The molecule has 0 spiro atoms. The molecule has 0 saturated carbocycles. The molecule has 100 valence electrons. The van der Waals surface area contributed by atoms with Gasteiger partial charge in [-0.25, -0.2) is 0 Å². The van der Waals surface area contributed by atoms with Gasteiger partial charge in [0.1, 0.15) is 0 Å². The summed E-state index contributed by atoms with van der Waals surface area (Å²) in [7, 11) is 0. The van der Waals surface area contributed by atoms with Crippen molar-refractivity contribution in [1.29, 1.82) is 0 Å². The lowest BCUT2D eigenvalue weighted by molar-refractivity contribution is 0.424. The Morgan fingerprint density at radius 2 is 1.94 bits per heavy atom. The predicted molar refractivity (Wildman–Crippen MR) is 77.0 cm³/mol. The van der Waals surface area contributed by atoms with E-state index in [0.717, 1.165) is 12.2 Å². The minimum atomic E-state index is 0.146. The molecule has 0 bridgehead atoms. The van der Waals surface area contributed by atoms with Gasteiger partial charge < -0.3 is 10.2 Å². The summed E-state index contributed by atoms with van der Waals surface area (Å²) in [5.41, 5.74) is 3.94. The first kappa shape index (κ1) is 13.3. The van der Waals surface area contributed by atoms with Crippen LogP contribution in [-0.2, 0) is 6.54 Å². The molecule has 3 nitrogen and oxygen atoms in total. The van der Waals surface area contributed by atoms with E-state index in [9.17, 15) is 0 Å². The maximum atomic E-state index is 4.45. The smallest absolute Gasteiger partial charge is 0.0445 e. The average Bonchev–Trinajstić information content (AvgIpc) is 2.79. The number of anilines is 1. The Morgan fingerprint density at radius 1 is 1.28 bits per heavy atom. The highest BCUT2D eigenvalue weighted by Gasteiger charge is 2.17. The van der Waals surface area contributed by atoms with Crippen molar-refractivity contribution in [2.24, 2.45) is 0 Å². The maximum absolute atomic E-state index is 4.45. The van der Waals surface area contributed by atoms with Crippen molar-refractivity contribution >= 4 is 5.69 Å². The SMILES string of the molecule is Cc1cc(N2CCCC2)c(CNC(C)(C)C)cn1. The molecule has 0 amide bonds. The first-order valence-corrected chi connectivity index (χ1v) is 6.91. The van der Waals surface area contributed by atoms with E-state index >= 15 is 0 Å². The van der Waals surface area contributed by atoms with Crippen LogP contribution in [0.5, 0.6) is 0 Å². The molecule has 3 heteroatoms. The van der Waals surface area contributed by atoms with Gasteiger partial charge in [-0.05, 0) is 46.6 Å². The fourth-order valence-corrected chi connectivity index (χ4v) is 2.32. The number of aryl methyl sites for hydroxylation is 1. The largest absolute Gasteiger partial charge is 0.371 e. The highest BCUT2D eigenvalue weighted by atomic mass is 15.1. The third kappa shape index (κ3) is 3.45. The summed E-state index contributed by atoms with van der Waals surface area (Å²) in [5.74, 6) is 0. The number of nitrogens with one attached hydrogen (secondary N) is 1. The summed E-state index contributed by atoms with van der Waals surface area (Å²) in [6, 6.07) is 2.23. The van der Waals surface area contributed by atoms with Crippen LogP contribution in [0.2, 0.25) is 0 Å². The van der Waals surface area contributed by atoms with Crippen LogP contribution >= 0.6 is 0 Å². The second kappa shape index (κ2) is 5.27. The number of rotatable bonds is 3. The topological polar surface area (TPSA) is 28.2 Å². The normalized spacial score (nSPS) is 16.3. The van der Waals surface area contributed by atoms with Gasteiger partial charge in [0.25, 0.3) is 0 Å². The van der Waals surface area contributed by atoms with Crippen molar-refractivity contribution < 1.29 is 0 Å². The Hall–Kier alpha value is -1.09. The van der Waals surface area contributed by atoms with E-state index in [1.807, 2.05) is 6.20 Å². The van der Waals surface area contributed by atoms with Crippen molar-refractivity contribution in [1.82, 2.24) is 10.3 Å². The highest BCUT2D eigenvalue weighted by molar-refractivity contribution is 5.54. The van der Waals surface area contributed by atoms with Gasteiger partial charge in [-0.1, -0.05) is 0 Å². The second-order valence-corrected chi connectivity index (χ2v) is 6.25. The monoisotopic (exact) mass is 247 g/mol. The quantitative estimate of drug-likeness (QED) is 0.890. The van der Waals surface area contributed by atoms with Crippen LogP contribution in [-0.4, -0.2) is 23.6 Å². The molecule has 0 aliphatic carbocycles. The summed E-state index contributed by atoms with van der Waals surface area (Å²) in [6.45, 7) is 11.9. The van der Waals surface area contributed by atoms with Gasteiger partial charge in [0.2, 0.25) is 0 Å². The summed E-state index contributed by atoms with van der Waals surface area (Å²) in [5, 5.41) is 3.55. The zero-order chi connectivity index (χ0) is 13.2. The molecule has 0 unspecified atom stereocenters. The molecule has 1 aliphatic heterocycles. The van der Waals surface area contributed by atoms with E-state index in [-0.39, 0.29) is 5.54 Å². The molecule has 0 radical (unpaired) electrons. The van der Waals surface area contributed by atoms with Gasteiger partial charge in [-0.2, -0.15) is 0 Å². The third-order valence-corrected chi connectivity index (χ3v) is 3.35. The van der Waals surface area contributed by atoms with Crippen LogP contribution in [0.1, 0.15) is 44.9 Å². The van der Waals surface area contributed by atoms with Crippen molar-refractivity contribution in [2.75, 3.05) is 18.0 Å². The van der Waals surface area contributed by atoms with Gasteiger partial charge >= 0.3 is 0 Å². The summed E-state index contributed by atoms with van der Waals surface area (Å²) < 4.78 is 0. The average molecular weight is 247 g/mol. The predicted octanol–water partition coefficient (Wildman–Crippen LogP) is 2.88. The Balaban J connectivity index is 2.17. The molecule has 2 rings (SSSR count). The van der Waals surface area contributed by atoms with E-state index in [1.165, 1.54) is 37.2 Å². The molecule has 1 aromatic heterocycles. The summed E-state index contributed by atoms with van der Waals surface area (Å²) in [6.07, 6.45) is 4.66. The Bertz CT molecular complexity index is 401. The fraction of sp³-hybridized carbons (Fsp3) is 0.667. The van der Waals surface area contributed by atoms with Gasteiger partial charge in [-0.15, -0.1) is 0 Å². The summed E-state index contributed by atoms with van der Waals surface area (Å²) in [4.78, 5) is 6.94. The van der Waals surface area contributed by atoms with E-state index < -0.39 is 0 Å². The molecule has 1 saturated heterocycles. The van der Waals surface area contributed by atoms with Crippen LogP contribution in [0, 0.1) is 6.92 Å². The Labute approximate surface area is 111 Å². The van der Waals surface area contributed by atoms with E-state index in [1.54, 1.807) is 0 Å². The molecular weight excluding hydrogens is 222 g/mol. The van der Waals surface area contributed by atoms with Crippen molar-refractivity contribution in [3.8, 4) is 0 Å². The van der Waals surface area contributed by atoms with Gasteiger partial charge in [0, 0.05) is 48.3 Å². The van der Waals surface area contributed by atoms with Crippen molar-refractivity contribution in [2.45, 2.75) is 52.6 Å². The molecule has 0 atom stereocenters. The van der Waals surface area contributed by atoms with Crippen LogP contribution in [0.3, 0.4) is 0 Å². The van der Waals surface area contributed by atoms with Crippen molar-refractivity contribution in [3.63, 3.8) is 0 Å². The first-order chi connectivity index (χ1) is 8.46. The standard InChI is InChI=1S/C15H25N3/c1-12-9-14(18-7-5-6-8-18)13(10-16-12)11-17-15(2,3)4/h9-10,17H,5-8,11H2,1-4H3. The molecule has 1 aromatic rings. The van der Waals surface area contributed by atoms with Crippen LogP contribution in [0.15, 0.2) is 12.3 Å². The lowest BCUT2D eigenvalue weighted by Crippen LogP contribution is -2.35. The van der Waals surface area contributed by atoms with Crippen LogP contribution in [0.4, 0.5) is 5.69 Å². The minimum absolute atomic E-state index is 0.146. The zero-order valence-electron chi connectivity index (χ0n) is 12.1. The lowest BCUT2D eigenvalue weighted by Gasteiger charge is -2.25. The number of hydrogen-bond donors (Lipinski definition) is 1. The van der Waals surface area contributed by atoms with E-state index in [2.05, 4.69) is 49.0 Å². The third-order valence-electron chi connectivity index (χ3n) is 3.35. The van der Waals surface area contributed by atoms with Gasteiger partial charge in [-0.3, -0.25) is 4.98 Å². The Morgan fingerprint density at radius 3 is 2.56 bits per heavy atom. The first-order valence-electron chi connectivity index (χ1n) is 6.91. The molecule has 1 fully saturated rings. The molecule has 0 aromatic carbocycles. The fourth-order valence-electron chi connectivity index (χ4n) is 2.32. The second-order valence-electron chi connectivity index (χ2n) is 6.25. The van der Waals surface area contributed by atoms with Crippen molar-refractivity contribution in [3.05, 3.63) is 23.5 Å². The highest BCUT2D eigenvalue weighted by Crippen LogP contribution is 2.25. The molecule has 1 N–H and O–H groups in total. The summed E-state index contributed by atoms with van der Waals surface area (Å²) >= 11 is 0. The zero-order valence-corrected chi connectivity index (χ0v) is 12.1. The van der Waals surface area contributed by atoms with E-state index in [0.29, 0.717) is 0 Å². The lowest BCUT2D eigenvalue weighted by atomic mass is 10.1. The Kier molecular flexibility index (Phi) is 3.91. The molecule has 18 heavy (non-hydrogen) atoms.